The highest BCUT2D eigenvalue weighted by Gasteiger charge is 2.50. The maximum absolute atomic E-state index is 10.7. The smallest absolute Gasteiger partial charge is 0.0784 e. The molecule has 4 saturated carbocycles. The lowest BCUT2D eigenvalue weighted by Crippen LogP contribution is -2.36. The minimum atomic E-state index is -0.339. The van der Waals surface area contributed by atoms with Crippen molar-refractivity contribution in [3.63, 3.8) is 0 Å². The lowest BCUT2D eigenvalue weighted by atomic mass is 9.60. The average molecular weight is 427 g/mol. The van der Waals surface area contributed by atoms with Crippen molar-refractivity contribution in [1.82, 2.24) is 0 Å². The molecule has 2 unspecified atom stereocenters. The predicted octanol–water partition coefficient (Wildman–Crippen LogP) is 7.27. The number of allylic oxidation sites excluding steroid dienone is 3. The fourth-order valence-electron chi connectivity index (χ4n) is 7.81. The molecular formula is C29H46O2. The molecule has 0 aromatic carbocycles. The summed E-state index contributed by atoms with van der Waals surface area (Å²) < 4.78 is 0. The van der Waals surface area contributed by atoms with Crippen LogP contribution in [0.3, 0.4) is 0 Å². The van der Waals surface area contributed by atoms with Gasteiger partial charge in [0, 0.05) is 0 Å². The van der Waals surface area contributed by atoms with Gasteiger partial charge in [-0.2, -0.15) is 0 Å². The highest BCUT2D eigenvalue weighted by Crippen LogP contribution is 2.60. The molecule has 4 fully saturated rings. The number of fused-ring (bicyclic) bond motifs is 1. The van der Waals surface area contributed by atoms with E-state index in [9.17, 15) is 10.2 Å². The first kappa shape index (κ1) is 23.3. The Morgan fingerprint density at radius 2 is 1.84 bits per heavy atom. The van der Waals surface area contributed by atoms with Gasteiger partial charge >= 0.3 is 0 Å². The average Bonchev–Trinajstić information content (AvgIpc) is 3.32. The zero-order valence-corrected chi connectivity index (χ0v) is 20.2. The molecule has 4 aliphatic rings. The van der Waals surface area contributed by atoms with E-state index < -0.39 is 0 Å². The quantitative estimate of drug-likeness (QED) is 0.438. The van der Waals surface area contributed by atoms with Crippen LogP contribution in [-0.2, 0) is 0 Å². The minimum Gasteiger partial charge on any atom is -0.390 e. The van der Waals surface area contributed by atoms with Crippen molar-refractivity contribution in [2.75, 3.05) is 0 Å². The molecular weight excluding hydrogens is 380 g/mol. The van der Waals surface area contributed by atoms with Crippen LogP contribution in [0.2, 0.25) is 0 Å². The second-order valence-electron chi connectivity index (χ2n) is 11.8. The summed E-state index contributed by atoms with van der Waals surface area (Å²) in [5, 5.41) is 20.9. The molecule has 0 aliphatic heterocycles. The Hall–Kier alpha value is -0.860. The van der Waals surface area contributed by atoms with Gasteiger partial charge in [-0.3, -0.25) is 0 Å². The fraction of sp³-hybridized carbons (Fsp3) is 0.793. The number of hydrogen-bond donors (Lipinski definition) is 2. The van der Waals surface area contributed by atoms with E-state index in [1.165, 1.54) is 63.4 Å². The Kier molecular flexibility index (Phi) is 7.18. The third-order valence-corrected chi connectivity index (χ3v) is 9.79. The van der Waals surface area contributed by atoms with Gasteiger partial charge < -0.3 is 10.2 Å². The fourth-order valence-corrected chi connectivity index (χ4v) is 7.81. The Labute approximate surface area is 190 Å². The summed E-state index contributed by atoms with van der Waals surface area (Å²) in [6, 6.07) is 0. The van der Waals surface area contributed by atoms with Gasteiger partial charge in [0.1, 0.15) is 0 Å². The molecule has 174 valence electrons. The van der Waals surface area contributed by atoms with Gasteiger partial charge in [-0.25, -0.2) is 0 Å². The second kappa shape index (κ2) is 9.56. The molecule has 2 nitrogen and oxygen atoms in total. The Balaban J connectivity index is 1.37. The van der Waals surface area contributed by atoms with Gasteiger partial charge in [0.15, 0.2) is 0 Å². The summed E-state index contributed by atoms with van der Waals surface area (Å²) >= 11 is 0. The van der Waals surface area contributed by atoms with Gasteiger partial charge in [-0.15, -0.1) is 0 Å². The van der Waals surface area contributed by atoms with Crippen molar-refractivity contribution in [2.45, 2.75) is 122 Å². The maximum Gasteiger partial charge on any atom is 0.0784 e. The molecule has 2 N–H and O–H groups in total. The third kappa shape index (κ3) is 5.06. The molecule has 2 heteroatoms. The summed E-state index contributed by atoms with van der Waals surface area (Å²) in [6.07, 6.45) is 21.9. The molecule has 0 saturated heterocycles. The van der Waals surface area contributed by atoms with E-state index in [1.807, 2.05) is 0 Å². The van der Waals surface area contributed by atoms with Crippen molar-refractivity contribution < 1.29 is 10.2 Å². The minimum absolute atomic E-state index is 0.338. The number of rotatable bonds is 6. The van der Waals surface area contributed by atoms with Gasteiger partial charge in [-0.05, 0) is 99.4 Å². The van der Waals surface area contributed by atoms with Crippen molar-refractivity contribution >= 4 is 0 Å². The Morgan fingerprint density at radius 3 is 2.58 bits per heavy atom. The largest absolute Gasteiger partial charge is 0.390 e. The van der Waals surface area contributed by atoms with Crippen LogP contribution in [0.15, 0.2) is 35.5 Å². The number of aliphatic hydroxyl groups is 2. The first-order valence-corrected chi connectivity index (χ1v) is 13.3. The number of aliphatic hydroxyl groups excluding tert-OH is 1. The van der Waals surface area contributed by atoms with Crippen molar-refractivity contribution in [3.05, 3.63) is 35.5 Å². The molecule has 31 heavy (non-hydrogen) atoms. The molecule has 0 aromatic rings. The highest BCUT2D eigenvalue weighted by atomic mass is 16.3. The molecule has 5 atom stereocenters. The first-order valence-electron chi connectivity index (χ1n) is 13.3. The monoisotopic (exact) mass is 426 g/mol. The summed E-state index contributed by atoms with van der Waals surface area (Å²) in [4.78, 5) is 0. The van der Waals surface area contributed by atoms with E-state index in [1.54, 1.807) is 5.57 Å². The number of hydrogen-bond acceptors (Lipinski definition) is 2. The van der Waals surface area contributed by atoms with Crippen molar-refractivity contribution in [2.24, 2.45) is 23.2 Å². The van der Waals surface area contributed by atoms with E-state index in [-0.39, 0.29) is 11.7 Å². The van der Waals surface area contributed by atoms with Crippen LogP contribution in [0.4, 0.5) is 0 Å². The van der Waals surface area contributed by atoms with E-state index in [0.29, 0.717) is 5.41 Å². The maximum atomic E-state index is 10.7. The Bertz CT molecular complexity index is 710. The van der Waals surface area contributed by atoms with Crippen molar-refractivity contribution in [3.8, 4) is 0 Å². The van der Waals surface area contributed by atoms with Crippen LogP contribution in [0.1, 0.15) is 110 Å². The molecule has 0 amide bonds. The van der Waals surface area contributed by atoms with E-state index in [2.05, 4.69) is 32.6 Å². The lowest BCUT2D eigenvalue weighted by Gasteiger charge is -2.44. The molecule has 4 aliphatic carbocycles. The van der Waals surface area contributed by atoms with Crippen LogP contribution in [0.25, 0.3) is 0 Å². The standard InChI is InChI=1S/C29H46O2/c1-21(8-6-19-29(31)17-4-5-18-29)25-14-15-26-24(9-7-16-28(25,26)3)13-12-23-11-10-22(2)27(30)20-23/h12-13,21,25-27,30-31H,2,4-11,14-20H2,1,3H3/b23-12-,24-13+/t21-,25?,26?,27+,28+/m0/s1. The SMILES string of the molecule is C=C1CC/C(=C/C=C2\CCC[C@@]3(C)C2CCC3[C@@H](C)CCCC2(O)CCCC2)C[C@H]1O. The normalized spacial score (nSPS) is 39.2. The summed E-state index contributed by atoms with van der Waals surface area (Å²) in [5.74, 6) is 2.33. The predicted molar refractivity (Wildman–Crippen MR) is 130 cm³/mol. The van der Waals surface area contributed by atoms with Gasteiger partial charge in [0.2, 0.25) is 0 Å². The van der Waals surface area contributed by atoms with Crippen LogP contribution >= 0.6 is 0 Å². The summed E-state index contributed by atoms with van der Waals surface area (Å²) in [7, 11) is 0. The van der Waals surface area contributed by atoms with Gasteiger partial charge in [-0.1, -0.05) is 69.4 Å². The lowest BCUT2D eigenvalue weighted by molar-refractivity contribution is 0.0319. The van der Waals surface area contributed by atoms with E-state index >= 15 is 0 Å². The zero-order valence-electron chi connectivity index (χ0n) is 20.2. The highest BCUT2D eigenvalue weighted by molar-refractivity contribution is 5.28. The third-order valence-electron chi connectivity index (χ3n) is 9.79. The van der Waals surface area contributed by atoms with Crippen LogP contribution in [0.5, 0.6) is 0 Å². The zero-order chi connectivity index (χ0) is 22.1. The first-order chi connectivity index (χ1) is 14.8. The molecule has 4 rings (SSSR count). The Morgan fingerprint density at radius 1 is 1.06 bits per heavy atom. The molecule has 0 spiro atoms. The van der Waals surface area contributed by atoms with Crippen LogP contribution in [-0.4, -0.2) is 21.9 Å². The van der Waals surface area contributed by atoms with Crippen LogP contribution < -0.4 is 0 Å². The molecule has 0 heterocycles. The molecule has 0 aromatic heterocycles. The van der Waals surface area contributed by atoms with Crippen molar-refractivity contribution in [1.29, 1.82) is 0 Å². The summed E-state index contributed by atoms with van der Waals surface area (Å²) in [6.45, 7) is 9.08. The molecule has 0 bridgehead atoms. The summed E-state index contributed by atoms with van der Waals surface area (Å²) in [5.41, 5.74) is 4.19. The van der Waals surface area contributed by atoms with Crippen LogP contribution in [0, 0.1) is 23.2 Å². The van der Waals surface area contributed by atoms with E-state index in [0.717, 1.165) is 61.9 Å². The second-order valence-corrected chi connectivity index (χ2v) is 11.8. The van der Waals surface area contributed by atoms with Gasteiger partial charge in [0.05, 0.1) is 11.7 Å². The molecule has 0 radical (unpaired) electrons. The topological polar surface area (TPSA) is 40.5 Å². The van der Waals surface area contributed by atoms with E-state index in [4.69, 9.17) is 0 Å². The van der Waals surface area contributed by atoms with Gasteiger partial charge in [0.25, 0.3) is 0 Å².